The van der Waals surface area contributed by atoms with Gasteiger partial charge in [0, 0.05) is 85.9 Å². The lowest BCUT2D eigenvalue weighted by Crippen LogP contribution is -2.53. The molecule has 0 bridgehead atoms. The number of piperidine rings is 1. The highest BCUT2D eigenvalue weighted by Crippen LogP contribution is 2.48. The van der Waals surface area contributed by atoms with Gasteiger partial charge >= 0.3 is 6.03 Å². The summed E-state index contributed by atoms with van der Waals surface area (Å²) in [4.78, 5) is 51.3. The van der Waals surface area contributed by atoms with E-state index in [1.165, 1.54) is 17.8 Å². The topological polar surface area (TPSA) is 79.4 Å². The summed E-state index contributed by atoms with van der Waals surface area (Å²) in [5.41, 5.74) is 3.46. The van der Waals surface area contributed by atoms with Crippen molar-refractivity contribution in [2.75, 3.05) is 62.6 Å². The molecule has 3 fully saturated rings. The summed E-state index contributed by atoms with van der Waals surface area (Å²) in [6.07, 6.45) is 3.12. The number of thioether (sulfide) groups is 1. The SMILES string of the molecule is CC(C)(C)CCN1C(=O)[C@H](CC(=O)N2CCC(N3CCc4ccccc4NC3=O)CC2)SC1c1cccc(F)c1N1CCN(C(C)(C)C)CC1.[HH].[HH].[HH]. The highest BCUT2D eigenvalue weighted by molar-refractivity contribution is 8.01. The molecule has 0 saturated carbocycles. The number of nitrogens with zero attached hydrogens (tertiary/aromatic N) is 5. The molecule has 278 valence electrons. The third kappa shape index (κ3) is 8.09. The second-order valence-corrected chi connectivity index (χ2v) is 17.8. The highest BCUT2D eigenvalue weighted by atomic mass is 32.2. The number of piperazine rings is 1. The number of carbonyl (C=O) groups is 3. The van der Waals surface area contributed by atoms with Gasteiger partial charge in [0.2, 0.25) is 11.8 Å². The van der Waals surface area contributed by atoms with Crippen LogP contribution < -0.4 is 10.2 Å². The van der Waals surface area contributed by atoms with Gasteiger partial charge in [0.25, 0.3) is 0 Å². The van der Waals surface area contributed by atoms with Gasteiger partial charge in [-0.3, -0.25) is 14.5 Å². The first-order chi connectivity index (χ1) is 23.7. The number of hydrogen-bond acceptors (Lipinski definition) is 6. The third-order valence-electron chi connectivity index (χ3n) is 10.8. The first-order valence-electron chi connectivity index (χ1n) is 18.4. The molecule has 0 aliphatic carbocycles. The van der Waals surface area contributed by atoms with E-state index in [4.69, 9.17) is 0 Å². The van der Waals surface area contributed by atoms with E-state index in [9.17, 15) is 14.4 Å². The van der Waals surface area contributed by atoms with Crippen molar-refractivity contribution in [1.29, 1.82) is 0 Å². The Morgan fingerprint density at radius 1 is 0.920 bits per heavy atom. The van der Waals surface area contributed by atoms with Gasteiger partial charge in [-0.2, -0.15) is 0 Å². The smallest absolute Gasteiger partial charge is 0.322 e. The lowest BCUT2D eigenvalue weighted by molar-refractivity contribution is -0.137. The van der Waals surface area contributed by atoms with Crippen molar-refractivity contribution in [3.05, 3.63) is 59.4 Å². The van der Waals surface area contributed by atoms with Gasteiger partial charge in [-0.1, -0.05) is 51.1 Å². The molecule has 50 heavy (non-hydrogen) atoms. The Balaban J connectivity index is 0.00000252. The van der Waals surface area contributed by atoms with Crippen molar-refractivity contribution >= 4 is 41.0 Å². The summed E-state index contributed by atoms with van der Waals surface area (Å²) in [6.45, 7) is 18.5. The fraction of sp³-hybridized carbons (Fsp3) is 0.615. The van der Waals surface area contributed by atoms with E-state index in [1.807, 2.05) is 39.0 Å². The van der Waals surface area contributed by atoms with Gasteiger partial charge in [-0.25, -0.2) is 9.18 Å². The van der Waals surface area contributed by atoms with Gasteiger partial charge in [-0.15, -0.1) is 11.8 Å². The van der Waals surface area contributed by atoms with Crippen LogP contribution in [0.4, 0.5) is 20.6 Å². The first-order valence-corrected chi connectivity index (χ1v) is 19.3. The Hall–Kier alpha value is -3.31. The van der Waals surface area contributed by atoms with Crippen molar-refractivity contribution < 1.29 is 23.1 Å². The van der Waals surface area contributed by atoms with Crippen LogP contribution in [-0.2, 0) is 16.0 Å². The van der Waals surface area contributed by atoms with Crippen molar-refractivity contribution in [3.8, 4) is 0 Å². The predicted octanol–water partition coefficient (Wildman–Crippen LogP) is 7.33. The minimum absolute atomic E-state index is 0. The van der Waals surface area contributed by atoms with Crippen molar-refractivity contribution in [3.63, 3.8) is 0 Å². The van der Waals surface area contributed by atoms with E-state index in [2.05, 4.69) is 62.7 Å². The lowest BCUT2D eigenvalue weighted by Gasteiger charge is -2.43. The molecule has 2 aromatic rings. The number of rotatable bonds is 7. The fourth-order valence-electron chi connectivity index (χ4n) is 7.77. The summed E-state index contributed by atoms with van der Waals surface area (Å²) in [5, 5.41) is 2.16. The summed E-state index contributed by atoms with van der Waals surface area (Å²) in [5.74, 6) is -0.336. The Kier molecular flexibility index (Phi) is 10.8. The van der Waals surface area contributed by atoms with Gasteiger partial charge in [-0.05, 0) is 69.6 Å². The molecular weight excluding hydrogens is 652 g/mol. The average Bonchev–Trinajstić information content (AvgIpc) is 3.26. The molecule has 4 amide bonds. The van der Waals surface area contributed by atoms with E-state index < -0.39 is 5.25 Å². The molecule has 2 aromatic carbocycles. The van der Waals surface area contributed by atoms with Gasteiger partial charge in [0.1, 0.15) is 11.2 Å². The van der Waals surface area contributed by atoms with E-state index in [0.717, 1.165) is 42.7 Å². The molecule has 1 N–H and O–H groups in total. The highest BCUT2D eigenvalue weighted by Gasteiger charge is 2.45. The van der Waals surface area contributed by atoms with Crippen molar-refractivity contribution in [2.24, 2.45) is 5.41 Å². The number of urea groups is 1. The number of benzene rings is 2. The number of halogens is 1. The van der Waals surface area contributed by atoms with E-state index in [1.54, 1.807) is 6.07 Å². The standard InChI is InChI=1S/C39H55FN6O3S.3H2/c1-38(2,3)17-21-46-35(48)32(50-36(46)29-11-9-12-30(40)34(29)43-22-24-44(25-23-43)39(4,5)6)26-33(47)42-18-15-28(16-19-42)45-20-14-27-10-7-8-13-31(27)41-37(45)49;;;/h7-13,28,32,36H,14-26H2,1-6H3,(H,41,49);3*1H/t32-,36?;;;/m0.../s1. The summed E-state index contributed by atoms with van der Waals surface area (Å²) >= 11 is 1.50. The van der Waals surface area contributed by atoms with E-state index in [-0.39, 0.29) is 56.7 Å². The number of hydrogen-bond donors (Lipinski definition) is 1. The van der Waals surface area contributed by atoms with Gasteiger partial charge < -0.3 is 24.9 Å². The van der Waals surface area contributed by atoms with Crippen LogP contribution in [-0.4, -0.2) is 107 Å². The maximum atomic E-state index is 15.8. The molecule has 4 aliphatic rings. The summed E-state index contributed by atoms with van der Waals surface area (Å²) in [6, 6.07) is 13.1. The molecule has 0 aromatic heterocycles. The molecule has 9 nitrogen and oxygen atoms in total. The molecule has 3 saturated heterocycles. The van der Waals surface area contributed by atoms with Gasteiger partial charge in [0.05, 0.1) is 10.9 Å². The number of nitrogens with one attached hydrogen (secondary N) is 1. The van der Waals surface area contributed by atoms with Crippen LogP contribution in [0.1, 0.15) is 88.0 Å². The van der Waals surface area contributed by atoms with Crippen LogP contribution in [0.2, 0.25) is 0 Å². The van der Waals surface area contributed by atoms with Crippen LogP contribution in [0.25, 0.3) is 0 Å². The zero-order valence-electron chi connectivity index (χ0n) is 30.7. The molecule has 1 unspecified atom stereocenters. The molecule has 11 heteroatoms. The molecule has 4 aliphatic heterocycles. The van der Waals surface area contributed by atoms with Crippen molar-refractivity contribution in [2.45, 2.75) is 95.9 Å². The Labute approximate surface area is 306 Å². The molecule has 0 spiro atoms. The number of anilines is 2. The van der Waals surface area contributed by atoms with E-state index in [0.29, 0.717) is 57.8 Å². The minimum atomic E-state index is -0.533. The number of carbonyl (C=O) groups excluding carboxylic acids is 3. The Morgan fingerprint density at radius 3 is 2.30 bits per heavy atom. The molecule has 2 atom stereocenters. The molecule has 6 rings (SSSR count). The maximum absolute atomic E-state index is 15.8. The Bertz CT molecular complexity index is 1570. The molecule has 4 heterocycles. The predicted molar refractivity (Wildman–Crippen MR) is 206 cm³/mol. The average molecular weight is 713 g/mol. The van der Waals surface area contributed by atoms with Crippen LogP contribution in [0.5, 0.6) is 0 Å². The third-order valence-corrected chi connectivity index (χ3v) is 12.3. The minimum Gasteiger partial charge on any atom is -0.366 e. The van der Waals surface area contributed by atoms with Crippen molar-refractivity contribution in [1.82, 2.24) is 19.6 Å². The van der Waals surface area contributed by atoms with Crippen LogP contribution in [0.15, 0.2) is 42.5 Å². The summed E-state index contributed by atoms with van der Waals surface area (Å²) in [7, 11) is 0. The number of amides is 4. The Morgan fingerprint density at radius 2 is 1.62 bits per heavy atom. The number of para-hydroxylation sites is 2. The number of likely N-dealkylation sites (tertiary alicyclic amines) is 1. The first kappa shape index (κ1) is 36.5. The van der Waals surface area contributed by atoms with Gasteiger partial charge in [0.15, 0.2) is 0 Å². The maximum Gasteiger partial charge on any atom is 0.322 e. The van der Waals surface area contributed by atoms with E-state index >= 15 is 4.39 Å². The number of fused-ring (bicyclic) bond motifs is 1. The largest absolute Gasteiger partial charge is 0.366 e. The second-order valence-electron chi connectivity index (χ2n) is 16.5. The fourth-order valence-corrected chi connectivity index (χ4v) is 9.26. The molecular formula is C39H61FN6O3S. The van der Waals surface area contributed by atoms with Crippen LogP contribution in [0, 0.1) is 11.2 Å². The second kappa shape index (κ2) is 14.7. The molecule has 0 radical (unpaired) electrons. The van der Waals surface area contributed by atoms with Crippen LogP contribution >= 0.6 is 11.8 Å². The summed E-state index contributed by atoms with van der Waals surface area (Å²) < 4.78 is 15.8. The lowest BCUT2D eigenvalue weighted by atomic mass is 9.92. The quantitative estimate of drug-likeness (QED) is 0.324. The zero-order valence-corrected chi connectivity index (χ0v) is 31.5. The monoisotopic (exact) mass is 712 g/mol. The zero-order chi connectivity index (χ0) is 35.8. The van der Waals surface area contributed by atoms with Crippen LogP contribution in [0.3, 0.4) is 0 Å². The normalized spacial score (nSPS) is 22.9.